The summed E-state index contributed by atoms with van der Waals surface area (Å²) in [6.07, 6.45) is -2.05. The van der Waals surface area contributed by atoms with Crippen molar-refractivity contribution in [2.75, 3.05) is 26.7 Å². The monoisotopic (exact) mass is 568 g/mol. The van der Waals surface area contributed by atoms with Gasteiger partial charge >= 0.3 is 30.1 Å². The number of phenols is 1. The summed E-state index contributed by atoms with van der Waals surface area (Å²) in [6.45, 7) is 0.281. The number of aliphatic hydroxyl groups excluding tert-OH is 2. The van der Waals surface area contributed by atoms with Crippen LogP contribution in [0.1, 0.15) is 23.7 Å². The standard InChI is InChI=1S/C11H16N8O8.C10H12O3/c20-2-18-4(6(22)16-10(18)26)14-8(24)12-1-13-9(25)15-5-7(23)17-11(27)19(5)3-21;1-2-7-13-10(12)8-3-5-9(11)6-4-8/h4-5,20-21H,1-3H2,(H2,12,14,24)(H2,13,15,25)(H,16,22,26)(H,17,23,27);3-6,11H,2,7H2,1H3. The molecule has 40 heavy (non-hydrogen) atoms. The molecule has 2 aliphatic rings. The summed E-state index contributed by atoms with van der Waals surface area (Å²) in [7, 11) is 0. The van der Waals surface area contributed by atoms with Crippen LogP contribution in [0.2, 0.25) is 0 Å². The third kappa shape index (κ3) is 8.43. The lowest BCUT2D eigenvalue weighted by molar-refractivity contribution is -0.123. The van der Waals surface area contributed by atoms with Gasteiger partial charge in [0.1, 0.15) is 19.2 Å². The quantitative estimate of drug-likeness (QED) is 0.0831. The number of hydrogen-bond donors (Lipinski definition) is 9. The number of carbonyl (C=O) groups is 7. The number of carbonyl (C=O) groups excluding carboxylic acids is 7. The molecule has 9 N–H and O–H groups in total. The normalized spacial score (nSPS) is 17.8. The van der Waals surface area contributed by atoms with Crippen LogP contribution in [-0.2, 0) is 14.3 Å². The molecular formula is C21H28N8O11. The van der Waals surface area contributed by atoms with Gasteiger partial charge in [0.05, 0.1) is 18.8 Å². The first-order chi connectivity index (χ1) is 19.0. The van der Waals surface area contributed by atoms with Gasteiger partial charge in [0.2, 0.25) is 0 Å². The van der Waals surface area contributed by atoms with Crippen LogP contribution in [0, 0.1) is 0 Å². The smallest absolute Gasteiger partial charge is 0.338 e. The van der Waals surface area contributed by atoms with Crippen LogP contribution in [0.25, 0.3) is 0 Å². The lowest BCUT2D eigenvalue weighted by Crippen LogP contribution is -2.56. The number of nitrogens with zero attached hydrogens (tertiary/aromatic N) is 2. The molecule has 2 atom stereocenters. The number of nitrogens with one attached hydrogen (secondary N) is 6. The van der Waals surface area contributed by atoms with Crippen molar-refractivity contribution in [2.45, 2.75) is 25.7 Å². The molecule has 0 aromatic heterocycles. The fourth-order valence-corrected chi connectivity index (χ4v) is 3.02. The molecule has 0 bridgehead atoms. The van der Waals surface area contributed by atoms with Gasteiger partial charge in [-0.2, -0.15) is 0 Å². The predicted octanol–water partition coefficient (Wildman–Crippen LogP) is -2.84. The Morgan fingerprint density at radius 3 is 1.70 bits per heavy atom. The van der Waals surface area contributed by atoms with E-state index >= 15 is 0 Å². The van der Waals surface area contributed by atoms with Crippen molar-refractivity contribution in [1.82, 2.24) is 41.7 Å². The number of benzene rings is 1. The number of phenolic OH excluding ortho intramolecular Hbond substituents is 1. The van der Waals surface area contributed by atoms with E-state index in [1.165, 1.54) is 24.3 Å². The van der Waals surface area contributed by atoms with Crippen molar-refractivity contribution in [3.8, 4) is 5.75 Å². The number of amides is 10. The summed E-state index contributed by atoms with van der Waals surface area (Å²) in [5, 5.41) is 39.2. The number of aromatic hydroxyl groups is 1. The molecule has 2 heterocycles. The van der Waals surface area contributed by atoms with E-state index in [4.69, 9.17) is 20.1 Å². The molecule has 0 aliphatic carbocycles. The summed E-state index contributed by atoms with van der Waals surface area (Å²) >= 11 is 0. The first kappa shape index (κ1) is 31.1. The number of aliphatic hydroxyl groups is 2. The van der Waals surface area contributed by atoms with Crippen LogP contribution in [0.4, 0.5) is 19.2 Å². The highest BCUT2D eigenvalue weighted by Gasteiger charge is 2.40. The SMILES string of the molecule is CCCOC(=O)c1ccc(O)cc1.O=C(NCNC(=O)NC1C(=O)NC(=O)N1CO)NC1C(=O)NC(=O)N1CO. The van der Waals surface area contributed by atoms with Gasteiger partial charge in [-0.1, -0.05) is 6.92 Å². The molecule has 3 rings (SSSR count). The molecule has 0 radical (unpaired) electrons. The summed E-state index contributed by atoms with van der Waals surface area (Å²) in [5.41, 5.74) is 0.464. The van der Waals surface area contributed by atoms with Crippen molar-refractivity contribution in [3.63, 3.8) is 0 Å². The van der Waals surface area contributed by atoms with Crippen LogP contribution < -0.4 is 31.9 Å². The van der Waals surface area contributed by atoms with Crippen molar-refractivity contribution in [2.24, 2.45) is 0 Å². The predicted molar refractivity (Wildman–Crippen MR) is 129 cm³/mol. The molecule has 19 heteroatoms. The molecular weight excluding hydrogens is 540 g/mol. The molecule has 2 aliphatic heterocycles. The lowest BCUT2D eigenvalue weighted by atomic mass is 10.2. The Bertz CT molecular complexity index is 1070. The van der Waals surface area contributed by atoms with Gasteiger partial charge < -0.3 is 41.3 Å². The summed E-state index contributed by atoms with van der Waals surface area (Å²) in [4.78, 5) is 81.5. The topological polar surface area (TPSA) is 268 Å². The number of hydrogen-bond acceptors (Lipinski definition) is 11. The van der Waals surface area contributed by atoms with Gasteiger partial charge in [-0.05, 0) is 30.7 Å². The minimum absolute atomic E-state index is 0.145. The zero-order valence-electron chi connectivity index (χ0n) is 21.0. The molecule has 10 amide bonds. The van der Waals surface area contributed by atoms with E-state index in [1.54, 1.807) is 0 Å². The van der Waals surface area contributed by atoms with Crippen molar-refractivity contribution in [3.05, 3.63) is 29.8 Å². The van der Waals surface area contributed by atoms with Crippen molar-refractivity contribution in [1.29, 1.82) is 0 Å². The Kier molecular flexibility index (Phi) is 11.4. The molecule has 0 spiro atoms. The highest BCUT2D eigenvalue weighted by molar-refractivity contribution is 6.05. The second-order valence-corrected chi connectivity index (χ2v) is 7.78. The fourth-order valence-electron chi connectivity index (χ4n) is 3.02. The van der Waals surface area contributed by atoms with Crippen LogP contribution in [-0.4, -0.2) is 106 Å². The number of esters is 1. The van der Waals surface area contributed by atoms with Crippen molar-refractivity contribution < 1.29 is 53.6 Å². The average molecular weight is 569 g/mol. The molecule has 218 valence electrons. The fraction of sp³-hybridized carbons (Fsp3) is 0.381. The second kappa shape index (κ2) is 14.7. The minimum Gasteiger partial charge on any atom is -0.508 e. The summed E-state index contributed by atoms with van der Waals surface area (Å²) in [5.74, 6) is -1.90. The Morgan fingerprint density at radius 1 is 0.850 bits per heavy atom. The number of ether oxygens (including phenoxy) is 1. The maximum Gasteiger partial charge on any atom is 0.338 e. The first-order valence-electron chi connectivity index (χ1n) is 11.5. The van der Waals surface area contributed by atoms with Gasteiger partial charge in [0.25, 0.3) is 11.8 Å². The molecule has 0 saturated carbocycles. The van der Waals surface area contributed by atoms with Gasteiger partial charge in [0.15, 0.2) is 12.3 Å². The second-order valence-electron chi connectivity index (χ2n) is 7.78. The van der Waals surface area contributed by atoms with E-state index in [1.807, 2.05) is 17.6 Å². The number of imide groups is 2. The van der Waals surface area contributed by atoms with E-state index in [9.17, 15) is 33.6 Å². The van der Waals surface area contributed by atoms with Crippen LogP contribution in [0.3, 0.4) is 0 Å². The molecule has 2 saturated heterocycles. The van der Waals surface area contributed by atoms with E-state index in [2.05, 4.69) is 21.3 Å². The first-order valence-corrected chi connectivity index (χ1v) is 11.5. The third-order valence-corrected chi connectivity index (χ3v) is 4.98. The number of urea groups is 4. The van der Waals surface area contributed by atoms with Crippen LogP contribution in [0.5, 0.6) is 5.75 Å². The maximum atomic E-state index is 11.7. The molecule has 1 aromatic rings. The Hall–Kier alpha value is -5.17. The minimum atomic E-state index is -1.43. The average Bonchev–Trinajstić information content (AvgIpc) is 3.34. The van der Waals surface area contributed by atoms with Gasteiger partial charge in [0, 0.05) is 0 Å². The molecule has 2 fully saturated rings. The Labute approximate surface area is 225 Å². The summed E-state index contributed by atoms with van der Waals surface area (Å²) < 4.78 is 4.90. The summed E-state index contributed by atoms with van der Waals surface area (Å²) in [6, 6.07) is 2.32. The van der Waals surface area contributed by atoms with Crippen LogP contribution in [0.15, 0.2) is 24.3 Å². The largest absolute Gasteiger partial charge is 0.508 e. The number of rotatable bonds is 9. The Balaban J connectivity index is 0.000000360. The Morgan fingerprint density at radius 2 is 1.30 bits per heavy atom. The van der Waals surface area contributed by atoms with Crippen molar-refractivity contribution >= 4 is 41.9 Å². The highest BCUT2D eigenvalue weighted by atomic mass is 16.5. The van der Waals surface area contributed by atoms with E-state index in [0.717, 1.165) is 6.42 Å². The zero-order valence-corrected chi connectivity index (χ0v) is 21.0. The molecule has 1 aromatic carbocycles. The molecule has 2 unspecified atom stereocenters. The third-order valence-electron chi connectivity index (χ3n) is 4.98. The van der Waals surface area contributed by atoms with Crippen LogP contribution >= 0.6 is 0 Å². The molecule has 19 nitrogen and oxygen atoms in total. The van der Waals surface area contributed by atoms with Gasteiger partial charge in [-0.3, -0.25) is 30.0 Å². The van der Waals surface area contributed by atoms with E-state index in [0.29, 0.717) is 22.0 Å². The van der Waals surface area contributed by atoms with E-state index < -0.39 is 68.4 Å². The van der Waals surface area contributed by atoms with E-state index in [-0.39, 0.29) is 11.7 Å². The highest BCUT2D eigenvalue weighted by Crippen LogP contribution is 2.10. The van der Waals surface area contributed by atoms with Gasteiger partial charge in [-0.15, -0.1) is 0 Å². The maximum absolute atomic E-state index is 11.7. The lowest BCUT2D eigenvalue weighted by Gasteiger charge is -2.21. The van der Waals surface area contributed by atoms with Gasteiger partial charge in [-0.25, -0.2) is 24.0 Å². The zero-order chi connectivity index (χ0) is 29.8.